The number of hydrogen-bond acceptors (Lipinski definition) is 2. The minimum Gasteiger partial charge on any atom is -0.398 e. The Kier molecular flexibility index (Phi) is 3.07. The van der Waals surface area contributed by atoms with Crippen molar-refractivity contribution in [3.8, 4) is 0 Å². The maximum absolute atomic E-state index is 5.94. The molecule has 15 heavy (non-hydrogen) atoms. The fourth-order valence-corrected chi connectivity index (χ4v) is 2.06. The first kappa shape index (κ1) is 10.2. The van der Waals surface area contributed by atoms with Crippen molar-refractivity contribution >= 4 is 11.8 Å². The lowest BCUT2D eigenvalue weighted by Gasteiger charge is -2.22. The molecule has 0 aliphatic carbocycles. The monoisotopic (exact) mass is 203 g/mol. The first-order chi connectivity index (χ1) is 7.31. The molecule has 2 N–H and O–H groups in total. The molecule has 2 rings (SSSR count). The molecule has 2 nitrogen and oxygen atoms in total. The zero-order valence-electron chi connectivity index (χ0n) is 8.91. The molecule has 0 atom stereocenters. The zero-order valence-corrected chi connectivity index (χ0v) is 8.91. The molecule has 0 saturated carbocycles. The van der Waals surface area contributed by atoms with Crippen molar-refractivity contribution in [1.29, 1.82) is 0 Å². The summed E-state index contributed by atoms with van der Waals surface area (Å²) in [6.07, 6.45) is 4.00. The SMILES string of the molecule is C=Cc1ccc(C2CCOCC2)cc1N. The van der Waals surface area contributed by atoms with Gasteiger partial charge in [0.2, 0.25) is 0 Å². The molecule has 1 aliphatic heterocycles. The van der Waals surface area contributed by atoms with Gasteiger partial charge in [0.05, 0.1) is 0 Å². The molecule has 2 heteroatoms. The molecule has 1 saturated heterocycles. The van der Waals surface area contributed by atoms with Gasteiger partial charge < -0.3 is 10.5 Å². The van der Waals surface area contributed by atoms with Crippen LogP contribution < -0.4 is 5.73 Å². The molecule has 0 spiro atoms. The Hall–Kier alpha value is -1.28. The van der Waals surface area contributed by atoms with E-state index >= 15 is 0 Å². The molecule has 1 aromatic rings. The second kappa shape index (κ2) is 4.49. The van der Waals surface area contributed by atoms with Crippen LogP contribution in [-0.2, 0) is 4.74 Å². The Morgan fingerprint density at radius 2 is 2.07 bits per heavy atom. The van der Waals surface area contributed by atoms with Gasteiger partial charge in [0.25, 0.3) is 0 Å². The summed E-state index contributed by atoms with van der Waals surface area (Å²) in [5.74, 6) is 0.611. The molecule has 1 aromatic carbocycles. The zero-order chi connectivity index (χ0) is 10.7. The molecule has 1 heterocycles. The van der Waals surface area contributed by atoms with E-state index in [-0.39, 0.29) is 0 Å². The van der Waals surface area contributed by atoms with Crippen LogP contribution in [0.2, 0.25) is 0 Å². The normalized spacial score (nSPS) is 17.6. The second-order valence-corrected chi connectivity index (χ2v) is 3.98. The van der Waals surface area contributed by atoms with E-state index in [1.165, 1.54) is 5.56 Å². The number of hydrogen-bond donors (Lipinski definition) is 1. The van der Waals surface area contributed by atoms with Crippen LogP contribution in [0.5, 0.6) is 0 Å². The number of rotatable bonds is 2. The van der Waals surface area contributed by atoms with Gasteiger partial charge in [-0.3, -0.25) is 0 Å². The van der Waals surface area contributed by atoms with Crippen molar-refractivity contribution < 1.29 is 4.74 Å². The third-order valence-electron chi connectivity index (χ3n) is 3.02. The molecule has 0 aromatic heterocycles. The van der Waals surface area contributed by atoms with Crippen molar-refractivity contribution in [3.63, 3.8) is 0 Å². The van der Waals surface area contributed by atoms with Gasteiger partial charge >= 0.3 is 0 Å². The summed E-state index contributed by atoms with van der Waals surface area (Å²) in [7, 11) is 0. The molecule has 0 amide bonds. The topological polar surface area (TPSA) is 35.2 Å². The minimum atomic E-state index is 0.611. The van der Waals surface area contributed by atoms with E-state index in [1.807, 2.05) is 6.07 Å². The minimum absolute atomic E-state index is 0.611. The van der Waals surface area contributed by atoms with Crippen molar-refractivity contribution in [2.75, 3.05) is 18.9 Å². The lowest BCUT2D eigenvalue weighted by atomic mass is 9.90. The summed E-state index contributed by atoms with van der Waals surface area (Å²) in [6, 6.07) is 6.28. The number of benzene rings is 1. The highest BCUT2D eigenvalue weighted by Crippen LogP contribution is 2.29. The Morgan fingerprint density at radius 1 is 1.33 bits per heavy atom. The van der Waals surface area contributed by atoms with Crippen LogP contribution in [0.3, 0.4) is 0 Å². The molecular formula is C13H17NO. The van der Waals surface area contributed by atoms with E-state index in [1.54, 1.807) is 6.08 Å². The van der Waals surface area contributed by atoms with Crippen molar-refractivity contribution in [1.82, 2.24) is 0 Å². The Morgan fingerprint density at radius 3 is 2.67 bits per heavy atom. The summed E-state index contributed by atoms with van der Waals surface area (Å²) in [6.45, 7) is 5.47. The van der Waals surface area contributed by atoms with Gasteiger partial charge in [-0.1, -0.05) is 24.8 Å². The van der Waals surface area contributed by atoms with Crippen LogP contribution in [0.4, 0.5) is 5.69 Å². The molecule has 0 bridgehead atoms. The van der Waals surface area contributed by atoms with E-state index in [2.05, 4.69) is 18.7 Å². The van der Waals surface area contributed by atoms with E-state index < -0.39 is 0 Å². The predicted octanol–water partition coefficient (Wildman–Crippen LogP) is 2.81. The standard InChI is InChI=1S/C13H17NO/c1-2-10-3-4-12(9-13(10)14)11-5-7-15-8-6-11/h2-4,9,11H,1,5-8,14H2. The number of nitrogen functional groups attached to an aromatic ring is 1. The van der Waals surface area contributed by atoms with Crippen LogP contribution >= 0.6 is 0 Å². The van der Waals surface area contributed by atoms with Crippen LogP contribution in [0.1, 0.15) is 29.9 Å². The van der Waals surface area contributed by atoms with Gasteiger partial charge in [0, 0.05) is 18.9 Å². The van der Waals surface area contributed by atoms with E-state index in [4.69, 9.17) is 10.5 Å². The third-order valence-corrected chi connectivity index (χ3v) is 3.02. The molecule has 80 valence electrons. The largest absolute Gasteiger partial charge is 0.398 e. The van der Waals surface area contributed by atoms with E-state index in [0.717, 1.165) is 37.3 Å². The van der Waals surface area contributed by atoms with Gasteiger partial charge in [0.1, 0.15) is 0 Å². The fourth-order valence-electron chi connectivity index (χ4n) is 2.06. The summed E-state index contributed by atoms with van der Waals surface area (Å²) < 4.78 is 5.35. The maximum Gasteiger partial charge on any atom is 0.0471 e. The molecular weight excluding hydrogens is 186 g/mol. The first-order valence-corrected chi connectivity index (χ1v) is 5.41. The average Bonchev–Trinajstić information content (AvgIpc) is 2.30. The van der Waals surface area contributed by atoms with Gasteiger partial charge in [-0.15, -0.1) is 0 Å². The molecule has 0 unspecified atom stereocenters. The van der Waals surface area contributed by atoms with Crippen molar-refractivity contribution in [3.05, 3.63) is 35.9 Å². The highest BCUT2D eigenvalue weighted by molar-refractivity contribution is 5.64. The quantitative estimate of drug-likeness (QED) is 0.750. The summed E-state index contributed by atoms with van der Waals surface area (Å²) in [5.41, 5.74) is 9.12. The number of nitrogens with two attached hydrogens (primary N) is 1. The number of anilines is 1. The predicted molar refractivity (Wildman–Crippen MR) is 63.7 cm³/mol. The first-order valence-electron chi connectivity index (χ1n) is 5.41. The average molecular weight is 203 g/mol. The second-order valence-electron chi connectivity index (χ2n) is 3.98. The molecule has 0 radical (unpaired) electrons. The Labute approximate surface area is 90.7 Å². The summed E-state index contributed by atoms with van der Waals surface area (Å²) >= 11 is 0. The molecule has 1 aliphatic rings. The van der Waals surface area contributed by atoms with Crippen LogP contribution in [0.25, 0.3) is 6.08 Å². The third kappa shape index (κ3) is 2.21. The van der Waals surface area contributed by atoms with E-state index in [9.17, 15) is 0 Å². The fraction of sp³-hybridized carbons (Fsp3) is 0.385. The van der Waals surface area contributed by atoms with Crippen LogP contribution in [0, 0.1) is 0 Å². The van der Waals surface area contributed by atoms with Gasteiger partial charge in [-0.05, 0) is 36.0 Å². The lowest BCUT2D eigenvalue weighted by Crippen LogP contribution is -2.14. The summed E-state index contributed by atoms with van der Waals surface area (Å²) in [5, 5.41) is 0. The van der Waals surface area contributed by atoms with Gasteiger partial charge in [-0.25, -0.2) is 0 Å². The van der Waals surface area contributed by atoms with Crippen molar-refractivity contribution in [2.45, 2.75) is 18.8 Å². The Balaban J connectivity index is 2.21. The Bertz CT molecular complexity index is 354. The van der Waals surface area contributed by atoms with Gasteiger partial charge in [0.15, 0.2) is 0 Å². The highest BCUT2D eigenvalue weighted by Gasteiger charge is 2.16. The highest BCUT2D eigenvalue weighted by atomic mass is 16.5. The summed E-state index contributed by atoms with van der Waals surface area (Å²) in [4.78, 5) is 0. The smallest absolute Gasteiger partial charge is 0.0471 e. The van der Waals surface area contributed by atoms with Gasteiger partial charge in [-0.2, -0.15) is 0 Å². The lowest BCUT2D eigenvalue weighted by molar-refractivity contribution is 0.0853. The van der Waals surface area contributed by atoms with E-state index in [0.29, 0.717) is 5.92 Å². The van der Waals surface area contributed by atoms with Crippen molar-refractivity contribution in [2.24, 2.45) is 0 Å². The molecule has 1 fully saturated rings. The van der Waals surface area contributed by atoms with Crippen LogP contribution in [-0.4, -0.2) is 13.2 Å². The van der Waals surface area contributed by atoms with Crippen LogP contribution in [0.15, 0.2) is 24.8 Å². The maximum atomic E-state index is 5.94. The number of ether oxygens (including phenoxy) is 1.